The molecular weight excluding hydrogens is 558 g/mol. The second-order valence-corrected chi connectivity index (χ2v) is 12.8. The summed E-state index contributed by atoms with van der Waals surface area (Å²) in [7, 11) is -4.37. The minimum atomic E-state index is -4.37. The topological polar surface area (TPSA) is 161 Å². The molecule has 42 heavy (non-hydrogen) atoms. The minimum absolute atomic E-state index is 0.0474. The molecule has 2 heterocycles. The lowest BCUT2D eigenvalue weighted by Gasteiger charge is -2.32. The predicted octanol–water partition coefficient (Wildman–Crippen LogP) is 5.09. The van der Waals surface area contributed by atoms with Gasteiger partial charge in [-0.15, -0.1) is 0 Å². The molecule has 12 heteroatoms. The van der Waals surface area contributed by atoms with E-state index in [2.05, 4.69) is 15.2 Å². The largest absolute Gasteiger partial charge is 0.455 e. The van der Waals surface area contributed by atoms with Crippen LogP contribution in [0.2, 0.25) is 0 Å². The summed E-state index contributed by atoms with van der Waals surface area (Å²) < 4.78 is 33.8. The van der Waals surface area contributed by atoms with Gasteiger partial charge in [-0.1, -0.05) is 6.07 Å². The van der Waals surface area contributed by atoms with Crippen molar-refractivity contribution >= 4 is 38.0 Å². The molecule has 1 saturated carbocycles. The number of piperidine rings is 1. The van der Waals surface area contributed by atoms with Gasteiger partial charge in [0.2, 0.25) is 9.84 Å². The lowest BCUT2D eigenvalue weighted by Crippen LogP contribution is -2.40. The molecule has 1 aromatic heterocycles. The van der Waals surface area contributed by atoms with Gasteiger partial charge in [-0.2, -0.15) is 0 Å². The van der Waals surface area contributed by atoms with Crippen LogP contribution in [-0.2, 0) is 9.84 Å². The quantitative estimate of drug-likeness (QED) is 0.170. The number of hydrogen-bond donors (Lipinski definition) is 3. The van der Waals surface area contributed by atoms with Crippen molar-refractivity contribution in [1.82, 2.24) is 9.88 Å². The number of carbonyl (C=O) groups is 1. The van der Waals surface area contributed by atoms with E-state index in [0.717, 1.165) is 55.4 Å². The fraction of sp³-hybridized carbons (Fsp3) is 0.300. The average molecular weight is 590 g/mol. The Hall–Kier alpha value is -4.42. The normalized spacial score (nSPS) is 16.4. The Morgan fingerprint density at radius 3 is 2.57 bits per heavy atom. The van der Waals surface area contributed by atoms with Crippen LogP contribution in [0.4, 0.5) is 11.4 Å². The number of carbonyl (C=O) groups excluding carboxylic acids is 1. The standard InChI is InChI=1S/C30H31N5O6S/c31-30(36)24-2-1-3-28(29(24)41-22-6-8-25-20(16-22)10-13-32-25)42(39,40)23-7-9-26(27(17-23)35(37)38)33-21-11-14-34(15-12-21)18-19-4-5-19/h1-3,6-10,13,16-17,19,21,32-33H,4-5,11-12,14-15,18H2,(H2,31,36). The van der Waals surface area contributed by atoms with Crippen molar-refractivity contribution in [2.24, 2.45) is 11.7 Å². The molecule has 1 amide bonds. The molecule has 1 aliphatic heterocycles. The predicted molar refractivity (Wildman–Crippen MR) is 158 cm³/mol. The summed E-state index contributed by atoms with van der Waals surface area (Å²) >= 11 is 0. The summed E-state index contributed by atoms with van der Waals surface area (Å²) in [6, 6.07) is 14.8. The highest BCUT2D eigenvalue weighted by molar-refractivity contribution is 7.91. The maximum absolute atomic E-state index is 13.9. The van der Waals surface area contributed by atoms with Gasteiger partial charge in [-0.3, -0.25) is 14.9 Å². The SMILES string of the molecule is NC(=O)c1cccc(S(=O)(=O)c2ccc(NC3CCN(CC4CC4)CC3)c([N+](=O)[O-])c2)c1Oc1ccc2[nH]ccc2c1. The summed E-state index contributed by atoms with van der Waals surface area (Å²) in [6.45, 7) is 2.96. The molecule has 0 radical (unpaired) electrons. The summed E-state index contributed by atoms with van der Waals surface area (Å²) in [5, 5.41) is 16.2. The third-order valence-corrected chi connectivity index (χ3v) is 9.69. The third-order valence-electron chi connectivity index (χ3n) is 7.92. The summed E-state index contributed by atoms with van der Waals surface area (Å²) in [6.07, 6.45) is 6.04. The second-order valence-electron chi connectivity index (χ2n) is 10.9. The molecule has 0 atom stereocenters. The smallest absolute Gasteiger partial charge is 0.293 e. The zero-order valence-electron chi connectivity index (χ0n) is 22.8. The second kappa shape index (κ2) is 11.1. The van der Waals surface area contributed by atoms with Gasteiger partial charge in [0.25, 0.3) is 11.6 Å². The van der Waals surface area contributed by atoms with Gasteiger partial charge in [0.15, 0.2) is 5.75 Å². The number of primary amides is 1. The van der Waals surface area contributed by atoms with Crippen LogP contribution in [0.15, 0.2) is 76.7 Å². The molecule has 4 N–H and O–H groups in total. The van der Waals surface area contributed by atoms with Crippen LogP contribution in [0, 0.1) is 16.0 Å². The number of hydrogen-bond acceptors (Lipinski definition) is 8. The maximum atomic E-state index is 13.9. The number of rotatable bonds is 10. The van der Waals surface area contributed by atoms with Crippen molar-refractivity contribution in [3.05, 3.63) is 82.5 Å². The molecule has 1 aliphatic carbocycles. The lowest BCUT2D eigenvalue weighted by atomic mass is 10.0. The fourth-order valence-corrected chi connectivity index (χ4v) is 6.88. The number of likely N-dealkylation sites (tertiary alicyclic amines) is 1. The molecule has 218 valence electrons. The van der Waals surface area contributed by atoms with Crippen LogP contribution in [0.5, 0.6) is 11.5 Å². The number of nitro benzene ring substituents is 1. The van der Waals surface area contributed by atoms with E-state index in [9.17, 15) is 23.3 Å². The number of ether oxygens (including phenoxy) is 1. The first-order valence-electron chi connectivity index (χ1n) is 13.9. The first kappa shape index (κ1) is 27.7. The molecular formula is C30H31N5O6S. The van der Waals surface area contributed by atoms with Gasteiger partial charge in [0.1, 0.15) is 16.3 Å². The molecule has 3 aromatic carbocycles. The monoisotopic (exact) mass is 589 g/mol. The molecule has 0 bridgehead atoms. The molecule has 6 rings (SSSR count). The average Bonchev–Trinajstić information content (AvgIpc) is 3.66. The molecule has 2 fully saturated rings. The number of nitrogens with two attached hydrogens (primary N) is 1. The number of nitrogens with one attached hydrogen (secondary N) is 2. The number of fused-ring (bicyclic) bond motifs is 1. The highest BCUT2D eigenvalue weighted by atomic mass is 32.2. The van der Waals surface area contributed by atoms with Gasteiger partial charge in [-0.05, 0) is 80.1 Å². The molecule has 0 unspecified atom stereocenters. The van der Waals surface area contributed by atoms with Crippen molar-refractivity contribution in [3.8, 4) is 11.5 Å². The van der Waals surface area contributed by atoms with Crippen molar-refractivity contribution in [3.63, 3.8) is 0 Å². The molecule has 11 nitrogen and oxygen atoms in total. The number of para-hydroxylation sites is 1. The number of anilines is 1. The van der Waals surface area contributed by atoms with Gasteiger partial charge in [-0.25, -0.2) is 8.42 Å². The Morgan fingerprint density at radius 2 is 1.86 bits per heavy atom. The molecule has 2 aliphatic rings. The van der Waals surface area contributed by atoms with E-state index in [-0.39, 0.29) is 38.5 Å². The number of aromatic nitrogens is 1. The van der Waals surface area contributed by atoms with Crippen LogP contribution in [0.3, 0.4) is 0 Å². The molecule has 1 saturated heterocycles. The Kier molecular flexibility index (Phi) is 7.33. The number of nitrogens with zero attached hydrogens (tertiary/aromatic N) is 2. The van der Waals surface area contributed by atoms with E-state index in [0.29, 0.717) is 5.75 Å². The van der Waals surface area contributed by atoms with Crippen molar-refractivity contribution in [1.29, 1.82) is 0 Å². The first-order valence-corrected chi connectivity index (χ1v) is 15.4. The number of nitro groups is 1. The van der Waals surface area contributed by atoms with Gasteiger partial charge in [0, 0.05) is 48.8 Å². The number of aromatic amines is 1. The minimum Gasteiger partial charge on any atom is -0.455 e. The summed E-state index contributed by atoms with van der Waals surface area (Å²) in [4.78, 5) is 28.7. The highest BCUT2D eigenvalue weighted by Gasteiger charge is 2.31. The van der Waals surface area contributed by atoms with E-state index in [1.54, 1.807) is 24.4 Å². The van der Waals surface area contributed by atoms with Crippen molar-refractivity contribution < 1.29 is 22.9 Å². The Bertz CT molecular complexity index is 1770. The van der Waals surface area contributed by atoms with Crippen LogP contribution in [-0.4, -0.2) is 54.8 Å². The number of H-pyrrole nitrogens is 1. The maximum Gasteiger partial charge on any atom is 0.293 e. The van der Waals surface area contributed by atoms with Crippen LogP contribution in [0.1, 0.15) is 36.0 Å². The van der Waals surface area contributed by atoms with Crippen molar-refractivity contribution in [2.45, 2.75) is 41.5 Å². The number of benzene rings is 3. The van der Waals surface area contributed by atoms with E-state index in [4.69, 9.17) is 10.5 Å². The zero-order chi connectivity index (χ0) is 29.4. The zero-order valence-corrected chi connectivity index (χ0v) is 23.6. The van der Waals surface area contributed by atoms with Gasteiger partial charge < -0.3 is 25.7 Å². The Morgan fingerprint density at radius 1 is 1.07 bits per heavy atom. The summed E-state index contributed by atoms with van der Waals surface area (Å²) in [5.41, 5.74) is 6.22. The highest BCUT2D eigenvalue weighted by Crippen LogP contribution is 2.39. The molecule has 0 spiro atoms. The number of amides is 1. The Labute approximate surface area is 242 Å². The van der Waals surface area contributed by atoms with Crippen LogP contribution in [0.25, 0.3) is 10.9 Å². The van der Waals surface area contributed by atoms with Gasteiger partial charge in [0.05, 0.1) is 15.4 Å². The van der Waals surface area contributed by atoms with E-state index < -0.39 is 20.7 Å². The van der Waals surface area contributed by atoms with Gasteiger partial charge >= 0.3 is 0 Å². The van der Waals surface area contributed by atoms with Crippen LogP contribution >= 0.6 is 0 Å². The van der Waals surface area contributed by atoms with Crippen molar-refractivity contribution in [2.75, 3.05) is 25.0 Å². The fourth-order valence-electron chi connectivity index (χ4n) is 5.46. The number of sulfone groups is 1. The van der Waals surface area contributed by atoms with E-state index in [1.807, 2.05) is 6.07 Å². The Balaban J connectivity index is 1.30. The first-order chi connectivity index (χ1) is 20.2. The molecule has 4 aromatic rings. The van der Waals surface area contributed by atoms with E-state index in [1.165, 1.54) is 43.2 Å². The van der Waals surface area contributed by atoms with Crippen LogP contribution < -0.4 is 15.8 Å². The summed E-state index contributed by atoms with van der Waals surface area (Å²) in [5.74, 6) is -0.0235. The lowest BCUT2D eigenvalue weighted by molar-refractivity contribution is -0.384. The van der Waals surface area contributed by atoms with E-state index >= 15 is 0 Å². The third kappa shape index (κ3) is 5.68.